The van der Waals surface area contributed by atoms with Gasteiger partial charge in [0.1, 0.15) is 11.6 Å². The Kier molecular flexibility index (Phi) is 4.17. The van der Waals surface area contributed by atoms with Gasteiger partial charge in [0.25, 0.3) is 0 Å². The molecular formula is C13H16N4S. The highest BCUT2D eigenvalue weighted by Crippen LogP contribution is 2.22. The molecule has 18 heavy (non-hydrogen) atoms. The molecule has 3 N–H and O–H groups in total. The summed E-state index contributed by atoms with van der Waals surface area (Å²) in [5, 5.41) is 0. The van der Waals surface area contributed by atoms with Crippen molar-refractivity contribution >= 4 is 17.6 Å². The zero-order valence-corrected chi connectivity index (χ0v) is 11.3. The fraction of sp³-hybridized carbons (Fsp3) is 0.231. The van der Waals surface area contributed by atoms with Crippen LogP contribution in [0.25, 0.3) is 0 Å². The molecule has 0 bridgehead atoms. The van der Waals surface area contributed by atoms with Gasteiger partial charge in [0.15, 0.2) is 0 Å². The van der Waals surface area contributed by atoms with Gasteiger partial charge in [-0.3, -0.25) is 0 Å². The molecule has 0 unspecified atom stereocenters. The number of nitrogens with one attached hydrogen (secondary N) is 1. The van der Waals surface area contributed by atoms with Crippen LogP contribution in [0.5, 0.6) is 0 Å². The molecule has 1 aromatic heterocycles. The van der Waals surface area contributed by atoms with Crippen LogP contribution >= 0.6 is 11.8 Å². The normalized spacial score (nSPS) is 10.4. The Morgan fingerprint density at radius 1 is 1.17 bits per heavy atom. The third kappa shape index (κ3) is 3.00. The van der Waals surface area contributed by atoms with E-state index in [0.29, 0.717) is 5.82 Å². The fourth-order valence-electron chi connectivity index (χ4n) is 1.56. The van der Waals surface area contributed by atoms with Crippen LogP contribution in [0.2, 0.25) is 0 Å². The first-order valence-corrected chi connectivity index (χ1v) is 6.68. The maximum absolute atomic E-state index is 5.45. The van der Waals surface area contributed by atoms with Gasteiger partial charge in [-0.15, -0.1) is 11.8 Å². The van der Waals surface area contributed by atoms with E-state index >= 15 is 0 Å². The fourth-order valence-corrected chi connectivity index (χ4v) is 2.33. The Hall–Kier alpha value is -1.59. The molecule has 0 aliphatic rings. The minimum Gasteiger partial charge on any atom is -0.308 e. The van der Waals surface area contributed by atoms with Crippen molar-refractivity contribution in [1.29, 1.82) is 0 Å². The second-order valence-corrected chi connectivity index (χ2v) is 4.99. The molecule has 2 rings (SSSR count). The van der Waals surface area contributed by atoms with Crippen molar-refractivity contribution in [2.45, 2.75) is 24.5 Å². The Morgan fingerprint density at radius 2 is 1.89 bits per heavy atom. The molecule has 0 amide bonds. The molecule has 94 valence electrons. The van der Waals surface area contributed by atoms with Crippen LogP contribution in [-0.2, 0) is 5.75 Å². The van der Waals surface area contributed by atoms with Gasteiger partial charge in [0, 0.05) is 16.2 Å². The highest BCUT2D eigenvalue weighted by molar-refractivity contribution is 7.98. The van der Waals surface area contributed by atoms with Crippen LogP contribution in [0.1, 0.15) is 17.1 Å². The molecule has 0 aliphatic heterocycles. The summed E-state index contributed by atoms with van der Waals surface area (Å²) in [6, 6.07) is 10.2. The van der Waals surface area contributed by atoms with Crippen LogP contribution in [0.3, 0.4) is 0 Å². The number of nitrogens with zero attached hydrogens (tertiary/aromatic N) is 2. The standard InChI is InChI=1S/C13H16N4S/c1-9-10(2)15-12(16-13(9)17-14)8-18-11-6-4-3-5-7-11/h3-7H,8,14H2,1-2H3,(H,15,16,17). The van der Waals surface area contributed by atoms with E-state index in [9.17, 15) is 0 Å². The molecule has 0 fully saturated rings. The summed E-state index contributed by atoms with van der Waals surface area (Å²) < 4.78 is 0. The highest BCUT2D eigenvalue weighted by atomic mass is 32.2. The number of hydrogen-bond donors (Lipinski definition) is 2. The minimum absolute atomic E-state index is 0.700. The van der Waals surface area contributed by atoms with E-state index in [2.05, 4.69) is 27.5 Å². The van der Waals surface area contributed by atoms with Crippen LogP contribution < -0.4 is 11.3 Å². The van der Waals surface area contributed by atoms with Crippen LogP contribution in [0.4, 0.5) is 5.82 Å². The zero-order valence-electron chi connectivity index (χ0n) is 10.5. The van der Waals surface area contributed by atoms with Crippen LogP contribution in [-0.4, -0.2) is 9.97 Å². The smallest absolute Gasteiger partial charge is 0.146 e. The van der Waals surface area contributed by atoms with Gasteiger partial charge in [0.2, 0.25) is 0 Å². The van der Waals surface area contributed by atoms with Gasteiger partial charge >= 0.3 is 0 Å². The van der Waals surface area contributed by atoms with Crippen LogP contribution in [0.15, 0.2) is 35.2 Å². The molecule has 0 spiro atoms. The number of thioether (sulfide) groups is 1. The van der Waals surface area contributed by atoms with E-state index in [1.807, 2.05) is 32.0 Å². The first-order chi connectivity index (χ1) is 8.70. The molecule has 1 aromatic carbocycles. The van der Waals surface area contributed by atoms with Crippen molar-refractivity contribution in [2.75, 3.05) is 5.43 Å². The van der Waals surface area contributed by atoms with Crippen molar-refractivity contribution in [3.05, 3.63) is 47.4 Å². The Bertz CT molecular complexity index is 528. The van der Waals surface area contributed by atoms with E-state index in [-0.39, 0.29) is 0 Å². The van der Waals surface area contributed by atoms with Gasteiger partial charge in [-0.05, 0) is 26.0 Å². The van der Waals surface area contributed by atoms with E-state index in [4.69, 9.17) is 5.84 Å². The van der Waals surface area contributed by atoms with Crippen molar-refractivity contribution in [3.8, 4) is 0 Å². The van der Waals surface area contributed by atoms with Gasteiger partial charge in [-0.1, -0.05) is 18.2 Å². The van der Waals surface area contributed by atoms with Crippen molar-refractivity contribution in [2.24, 2.45) is 5.84 Å². The number of benzene rings is 1. The maximum Gasteiger partial charge on any atom is 0.146 e. The summed E-state index contributed by atoms with van der Waals surface area (Å²) >= 11 is 1.71. The molecule has 1 heterocycles. The summed E-state index contributed by atoms with van der Waals surface area (Å²) in [5.74, 6) is 7.68. The Morgan fingerprint density at radius 3 is 2.56 bits per heavy atom. The second kappa shape index (κ2) is 5.84. The lowest BCUT2D eigenvalue weighted by Gasteiger charge is -2.09. The molecule has 0 atom stereocenters. The van der Waals surface area contributed by atoms with Crippen molar-refractivity contribution in [3.63, 3.8) is 0 Å². The summed E-state index contributed by atoms with van der Waals surface area (Å²) in [4.78, 5) is 10.1. The van der Waals surface area contributed by atoms with E-state index in [1.165, 1.54) is 4.90 Å². The largest absolute Gasteiger partial charge is 0.308 e. The second-order valence-electron chi connectivity index (χ2n) is 3.94. The van der Waals surface area contributed by atoms with Crippen molar-refractivity contribution < 1.29 is 0 Å². The minimum atomic E-state index is 0.700. The summed E-state index contributed by atoms with van der Waals surface area (Å²) in [7, 11) is 0. The number of anilines is 1. The average Bonchev–Trinajstić information content (AvgIpc) is 2.41. The number of nitrogen functional groups attached to an aromatic ring is 1. The molecule has 0 radical (unpaired) electrons. The molecule has 0 saturated carbocycles. The average molecular weight is 260 g/mol. The number of hydrogen-bond acceptors (Lipinski definition) is 5. The first kappa shape index (κ1) is 12.9. The Balaban J connectivity index is 2.13. The van der Waals surface area contributed by atoms with Gasteiger partial charge in [0.05, 0.1) is 5.75 Å². The maximum atomic E-state index is 5.45. The molecule has 0 saturated heterocycles. The number of aryl methyl sites for hydroxylation is 1. The molecular weight excluding hydrogens is 244 g/mol. The van der Waals surface area contributed by atoms with E-state index in [1.54, 1.807) is 11.8 Å². The topological polar surface area (TPSA) is 63.8 Å². The highest BCUT2D eigenvalue weighted by Gasteiger charge is 2.07. The number of aromatic nitrogens is 2. The zero-order chi connectivity index (χ0) is 13.0. The monoisotopic (exact) mass is 260 g/mol. The van der Waals surface area contributed by atoms with Gasteiger partial charge in [-0.2, -0.15) is 0 Å². The van der Waals surface area contributed by atoms with E-state index in [0.717, 1.165) is 22.8 Å². The summed E-state index contributed by atoms with van der Waals surface area (Å²) in [6.07, 6.45) is 0. The summed E-state index contributed by atoms with van der Waals surface area (Å²) in [5.41, 5.74) is 4.57. The predicted molar refractivity (Wildman–Crippen MR) is 75.3 cm³/mol. The Labute approximate surface area is 111 Å². The predicted octanol–water partition coefficient (Wildman–Crippen LogP) is 2.67. The third-order valence-electron chi connectivity index (χ3n) is 2.68. The SMILES string of the molecule is Cc1nc(CSc2ccccc2)nc(NN)c1C. The molecule has 4 nitrogen and oxygen atoms in total. The van der Waals surface area contributed by atoms with Crippen molar-refractivity contribution in [1.82, 2.24) is 9.97 Å². The summed E-state index contributed by atoms with van der Waals surface area (Å²) in [6.45, 7) is 3.92. The molecule has 0 aliphatic carbocycles. The third-order valence-corrected chi connectivity index (χ3v) is 3.69. The van der Waals surface area contributed by atoms with Gasteiger partial charge < -0.3 is 5.43 Å². The quantitative estimate of drug-likeness (QED) is 0.502. The van der Waals surface area contributed by atoms with Gasteiger partial charge in [-0.25, -0.2) is 15.8 Å². The first-order valence-electron chi connectivity index (χ1n) is 5.69. The molecule has 5 heteroatoms. The van der Waals surface area contributed by atoms with Crippen LogP contribution in [0, 0.1) is 13.8 Å². The molecule has 2 aromatic rings. The number of rotatable bonds is 4. The lowest BCUT2D eigenvalue weighted by atomic mass is 10.2. The lowest BCUT2D eigenvalue weighted by molar-refractivity contribution is 0.968. The van der Waals surface area contributed by atoms with E-state index < -0.39 is 0 Å². The lowest BCUT2D eigenvalue weighted by Crippen LogP contribution is -2.13. The number of hydrazine groups is 1. The number of nitrogens with two attached hydrogens (primary N) is 1.